The number of hydrogen-bond donors (Lipinski definition) is 3. The lowest BCUT2D eigenvalue weighted by Crippen LogP contribution is -2.50. The highest BCUT2D eigenvalue weighted by Gasteiger charge is 2.29. The van der Waals surface area contributed by atoms with Crippen LogP contribution in [0.25, 0.3) is 6.08 Å². The first kappa shape index (κ1) is 20.8. The molecule has 1 saturated heterocycles. The number of halogens is 1. The summed E-state index contributed by atoms with van der Waals surface area (Å²) < 4.78 is 15.0. The van der Waals surface area contributed by atoms with Crippen molar-refractivity contribution in [1.82, 2.24) is 20.7 Å². The van der Waals surface area contributed by atoms with Crippen LogP contribution in [0.1, 0.15) is 65.6 Å². The molecule has 1 aromatic rings. The Bertz CT molecular complexity index is 778. The molecule has 1 unspecified atom stereocenters. The molecule has 28 heavy (non-hydrogen) atoms. The van der Waals surface area contributed by atoms with E-state index in [9.17, 15) is 4.39 Å². The summed E-state index contributed by atoms with van der Waals surface area (Å²) in [6, 6.07) is 2.35. The molecule has 3 rings (SSSR count). The molecule has 0 saturated carbocycles. The van der Waals surface area contributed by atoms with Gasteiger partial charge in [-0.15, -0.1) is 0 Å². The minimum atomic E-state index is -0.259. The number of anilines is 1. The summed E-state index contributed by atoms with van der Waals surface area (Å²) in [4.78, 5) is 4.61. The fourth-order valence-electron chi connectivity index (χ4n) is 3.96. The van der Waals surface area contributed by atoms with Gasteiger partial charge >= 0.3 is 0 Å². The first-order chi connectivity index (χ1) is 13.2. The Hall–Kier alpha value is -1.92. The van der Waals surface area contributed by atoms with Gasteiger partial charge in [-0.1, -0.05) is 12.5 Å². The lowest BCUT2D eigenvalue weighted by molar-refractivity contribution is 0.129. The monoisotopic (exact) mass is 387 g/mol. The van der Waals surface area contributed by atoms with Gasteiger partial charge in [-0.2, -0.15) is 0 Å². The van der Waals surface area contributed by atoms with Crippen LogP contribution in [0, 0.1) is 5.82 Å². The Labute approximate surface area is 168 Å². The molecule has 154 valence electrons. The number of aromatic nitrogens is 1. The standard InChI is InChI=1S/C22H34FN5/c1-7-17-13-18(12-16-8-9-24-14(2)10-16)25-21(20(17)23)26-19-11-15(3)28(27-19)22(4,5)6/h11-14,19,24,27H,7-10H2,1-6H3,(H,25,26)/b16-12+/t14-,19?/m1/s1. The van der Waals surface area contributed by atoms with Gasteiger partial charge in [-0.05, 0) is 84.2 Å². The zero-order valence-electron chi connectivity index (χ0n) is 18.0. The number of nitrogens with zero attached hydrogens (tertiary/aromatic N) is 2. The van der Waals surface area contributed by atoms with E-state index in [1.165, 1.54) is 5.57 Å². The molecule has 0 bridgehead atoms. The zero-order valence-corrected chi connectivity index (χ0v) is 18.0. The van der Waals surface area contributed by atoms with Crippen molar-refractivity contribution >= 4 is 11.9 Å². The highest BCUT2D eigenvalue weighted by atomic mass is 19.1. The summed E-state index contributed by atoms with van der Waals surface area (Å²) in [7, 11) is 0. The van der Waals surface area contributed by atoms with E-state index in [1.807, 2.05) is 13.0 Å². The molecule has 1 aromatic heterocycles. The number of piperidine rings is 1. The summed E-state index contributed by atoms with van der Waals surface area (Å²) >= 11 is 0. The van der Waals surface area contributed by atoms with Crippen LogP contribution in [-0.4, -0.2) is 34.3 Å². The molecule has 0 amide bonds. The van der Waals surface area contributed by atoms with Gasteiger partial charge in [0.2, 0.25) is 0 Å². The summed E-state index contributed by atoms with van der Waals surface area (Å²) in [6.07, 6.45) is 6.67. The SMILES string of the molecule is CCc1cc(/C=C2\CCN[C@H](C)C2)nc(NC2C=C(C)N(C(C)(C)C)N2)c1F. The summed E-state index contributed by atoms with van der Waals surface area (Å²) in [6.45, 7) is 13.6. The first-order valence-corrected chi connectivity index (χ1v) is 10.3. The second-order valence-corrected chi connectivity index (χ2v) is 8.90. The topological polar surface area (TPSA) is 52.2 Å². The number of hydrazine groups is 1. The van der Waals surface area contributed by atoms with Crippen molar-refractivity contribution in [2.45, 2.75) is 78.6 Å². The maximum Gasteiger partial charge on any atom is 0.168 e. The number of allylic oxidation sites excluding steroid dienone is 1. The van der Waals surface area contributed by atoms with Crippen molar-refractivity contribution in [2.75, 3.05) is 11.9 Å². The van der Waals surface area contributed by atoms with Crippen LogP contribution < -0.4 is 16.1 Å². The van der Waals surface area contributed by atoms with Crippen molar-refractivity contribution < 1.29 is 4.39 Å². The van der Waals surface area contributed by atoms with Gasteiger partial charge in [-0.3, -0.25) is 0 Å². The number of hydrogen-bond acceptors (Lipinski definition) is 5. The third-order valence-corrected chi connectivity index (χ3v) is 5.28. The molecule has 0 spiro atoms. The van der Waals surface area contributed by atoms with Crippen LogP contribution in [0.5, 0.6) is 0 Å². The lowest BCUT2D eigenvalue weighted by Gasteiger charge is -2.35. The highest BCUT2D eigenvalue weighted by Crippen LogP contribution is 2.26. The molecule has 0 aromatic carbocycles. The maximum absolute atomic E-state index is 15.0. The average Bonchev–Trinajstić information content (AvgIpc) is 2.98. The van der Waals surface area contributed by atoms with Gasteiger partial charge in [0.15, 0.2) is 11.6 Å². The van der Waals surface area contributed by atoms with E-state index in [2.05, 4.69) is 72.8 Å². The first-order valence-electron chi connectivity index (χ1n) is 10.3. The van der Waals surface area contributed by atoms with Crippen molar-refractivity contribution in [2.24, 2.45) is 0 Å². The minimum Gasteiger partial charge on any atom is -0.347 e. The van der Waals surface area contributed by atoms with E-state index >= 15 is 0 Å². The number of rotatable bonds is 4. The largest absolute Gasteiger partial charge is 0.347 e. The van der Waals surface area contributed by atoms with Gasteiger partial charge in [-0.25, -0.2) is 14.8 Å². The number of nitrogens with one attached hydrogen (secondary N) is 3. The molecule has 5 nitrogen and oxygen atoms in total. The van der Waals surface area contributed by atoms with Gasteiger partial charge in [0, 0.05) is 17.3 Å². The molecular weight excluding hydrogens is 353 g/mol. The van der Waals surface area contributed by atoms with Crippen LogP contribution >= 0.6 is 0 Å². The van der Waals surface area contributed by atoms with E-state index in [4.69, 9.17) is 0 Å². The van der Waals surface area contributed by atoms with Crippen LogP contribution in [0.3, 0.4) is 0 Å². The molecule has 3 N–H and O–H groups in total. The Kier molecular flexibility index (Phi) is 6.10. The highest BCUT2D eigenvalue weighted by molar-refractivity contribution is 5.55. The zero-order chi connectivity index (χ0) is 20.5. The molecule has 2 aliphatic heterocycles. The van der Waals surface area contributed by atoms with Gasteiger partial charge in [0.05, 0.1) is 5.69 Å². The van der Waals surface area contributed by atoms with Crippen molar-refractivity contribution in [3.8, 4) is 0 Å². The van der Waals surface area contributed by atoms with Crippen molar-refractivity contribution in [1.29, 1.82) is 0 Å². The normalized spacial score (nSPS) is 24.6. The number of aryl methyl sites for hydroxylation is 1. The Morgan fingerprint density at radius 2 is 2.14 bits per heavy atom. The van der Waals surface area contributed by atoms with E-state index in [-0.39, 0.29) is 17.5 Å². The van der Waals surface area contributed by atoms with Crippen LogP contribution in [-0.2, 0) is 6.42 Å². The van der Waals surface area contributed by atoms with Crippen molar-refractivity contribution in [3.05, 3.63) is 40.5 Å². The summed E-state index contributed by atoms with van der Waals surface area (Å²) in [5.41, 5.74) is 7.34. The van der Waals surface area contributed by atoms with Crippen LogP contribution in [0.15, 0.2) is 23.4 Å². The second kappa shape index (κ2) is 8.21. The molecule has 0 aliphatic carbocycles. The Balaban J connectivity index is 1.84. The van der Waals surface area contributed by atoms with Crippen LogP contribution in [0.2, 0.25) is 0 Å². The minimum absolute atomic E-state index is 0.0600. The third kappa shape index (κ3) is 4.73. The molecule has 6 heteroatoms. The fourth-order valence-corrected chi connectivity index (χ4v) is 3.96. The van der Waals surface area contributed by atoms with Gasteiger partial charge < -0.3 is 15.6 Å². The second-order valence-electron chi connectivity index (χ2n) is 8.90. The van der Waals surface area contributed by atoms with E-state index in [1.54, 1.807) is 0 Å². The fraction of sp³-hybridized carbons (Fsp3) is 0.591. The number of pyridine rings is 1. The molecule has 0 radical (unpaired) electrons. The van der Waals surface area contributed by atoms with Gasteiger partial charge in [0.1, 0.15) is 6.17 Å². The quantitative estimate of drug-likeness (QED) is 0.723. The predicted molar refractivity (Wildman–Crippen MR) is 114 cm³/mol. The van der Waals surface area contributed by atoms with E-state index in [0.29, 0.717) is 23.8 Å². The molecule has 1 fully saturated rings. The molecule has 3 heterocycles. The summed E-state index contributed by atoms with van der Waals surface area (Å²) in [5.74, 6) is 0.0517. The third-order valence-electron chi connectivity index (χ3n) is 5.28. The Morgan fingerprint density at radius 1 is 1.39 bits per heavy atom. The molecule has 2 atom stereocenters. The maximum atomic E-state index is 15.0. The predicted octanol–water partition coefficient (Wildman–Crippen LogP) is 4.20. The van der Waals surface area contributed by atoms with E-state index < -0.39 is 0 Å². The smallest absolute Gasteiger partial charge is 0.168 e. The van der Waals surface area contributed by atoms with Crippen LogP contribution in [0.4, 0.5) is 10.2 Å². The van der Waals surface area contributed by atoms with Crippen molar-refractivity contribution in [3.63, 3.8) is 0 Å². The molecular formula is C22H34FN5. The van der Waals surface area contributed by atoms with Gasteiger partial charge in [0.25, 0.3) is 0 Å². The average molecular weight is 388 g/mol. The molecule has 2 aliphatic rings. The Morgan fingerprint density at radius 3 is 2.75 bits per heavy atom. The van der Waals surface area contributed by atoms with E-state index in [0.717, 1.165) is 30.8 Å². The lowest BCUT2D eigenvalue weighted by atomic mass is 9.98. The summed E-state index contributed by atoms with van der Waals surface area (Å²) in [5, 5.41) is 8.81.